The maximum absolute atomic E-state index is 13.6. The first-order valence-corrected chi connectivity index (χ1v) is 6.72. The van der Waals surface area contributed by atoms with Gasteiger partial charge in [0.15, 0.2) is 11.6 Å². The number of piperidine rings is 1. The second kappa shape index (κ2) is 5.49. The second-order valence-electron chi connectivity index (χ2n) is 5.40. The Bertz CT molecular complexity index is 485. The molecule has 1 fully saturated rings. The van der Waals surface area contributed by atoms with Crippen LogP contribution in [0.15, 0.2) is 6.20 Å². The third-order valence-corrected chi connectivity index (χ3v) is 3.86. The van der Waals surface area contributed by atoms with Crippen molar-refractivity contribution in [1.82, 2.24) is 9.97 Å². The molecule has 112 valence electrons. The number of aliphatic hydroxyl groups excluding tert-OH is 1. The lowest BCUT2D eigenvalue weighted by Crippen LogP contribution is -2.55. The predicted molar refractivity (Wildman–Crippen MR) is 74.4 cm³/mol. The summed E-state index contributed by atoms with van der Waals surface area (Å²) >= 11 is 0. The smallest absolute Gasteiger partial charge is 0.227 e. The van der Waals surface area contributed by atoms with E-state index in [1.165, 1.54) is 0 Å². The summed E-state index contributed by atoms with van der Waals surface area (Å²) in [6.07, 6.45) is 1.19. The van der Waals surface area contributed by atoms with Gasteiger partial charge in [0.1, 0.15) is 6.10 Å². The SMILES string of the molecule is CC[C@@]1(O)CCN(c2ncc(F)c(N(C)C)n2)C[C@H]1O. The average molecular weight is 284 g/mol. The minimum Gasteiger partial charge on any atom is -0.388 e. The van der Waals surface area contributed by atoms with E-state index >= 15 is 0 Å². The molecule has 0 spiro atoms. The summed E-state index contributed by atoms with van der Waals surface area (Å²) < 4.78 is 13.6. The molecule has 20 heavy (non-hydrogen) atoms. The summed E-state index contributed by atoms with van der Waals surface area (Å²) in [4.78, 5) is 11.5. The van der Waals surface area contributed by atoms with Crippen molar-refractivity contribution in [2.75, 3.05) is 37.0 Å². The molecule has 1 aromatic heterocycles. The third-order valence-electron chi connectivity index (χ3n) is 3.86. The van der Waals surface area contributed by atoms with Gasteiger partial charge in [-0.15, -0.1) is 0 Å². The zero-order valence-corrected chi connectivity index (χ0v) is 12.0. The quantitative estimate of drug-likeness (QED) is 0.837. The highest BCUT2D eigenvalue weighted by Crippen LogP contribution is 2.28. The summed E-state index contributed by atoms with van der Waals surface area (Å²) in [6, 6.07) is 0. The van der Waals surface area contributed by atoms with Crippen molar-refractivity contribution in [1.29, 1.82) is 0 Å². The molecule has 6 nitrogen and oxygen atoms in total. The zero-order chi connectivity index (χ0) is 14.9. The van der Waals surface area contributed by atoms with Crippen LogP contribution < -0.4 is 9.80 Å². The van der Waals surface area contributed by atoms with Gasteiger partial charge in [0.05, 0.1) is 11.8 Å². The van der Waals surface area contributed by atoms with E-state index < -0.39 is 17.5 Å². The molecule has 0 saturated carbocycles. The summed E-state index contributed by atoms with van der Waals surface area (Å²) in [6.45, 7) is 2.61. The van der Waals surface area contributed by atoms with Crippen LogP contribution in [0.1, 0.15) is 19.8 Å². The van der Waals surface area contributed by atoms with E-state index in [-0.39, 0.29) is 12.4 Å². The maximum atomic E-state index is 13.6. The fourth-order valence-electron chi connectivity index (χ4n) is 2.37. The number of aliphatic hydroxyl groups is 2. The highest BCUT2D eigenvalue weighted by molar-refractivity contribution is 5.44. The number of nitrogens with zero attached hydrogens (tertiary/aromatic N) is 4. The Balaban J connectivity index is 2.20. The minimum atomic E-state index is -1.05. The Morgan fingerprint density at radius 2 is 2.25 bits per heavy atom. The Morgan fingerprint density at radius 3 is 2.80 bits per heavy atom. The average Bonchev–Trinajstić information content (AvgIpc) is 2.42. The summed E-state index contributed by atoms with van der Waals surface area (Å²) in [5.74, 6) is 0.0921. The van der Waals surface area contributed by atoms with E-state index in [0.29, 0.717) is 25.3 Å². The molecule has 2 N–H and O–H groups in total. The number of aromatic nitrogens is 2. The fourth-order valence-corrected chi connectivity index (χ4v) is 2.37. The van der Waals surface area contributed by atoms with Crippen LogP contribution in [-0.4, -0.2) is 59.1 Å². The summed E-state index contributed by atoms with van der Waals surface area (Å²) in [5, 5.41) is 20.3. The first-order chi connectivity index (χ1) is 9.37. The molecule has 1 aromatic rings. The van der Waals surface area contributed by atoms with Crippen molar-refractivity contribution in [3.63, 3.8) is 0 Å². The van der Waals surface area contributed by atoms with Gasteiger partial charge in [0.2, 0.25) is 5.95 Å². The molecule has 0 radical (unpaired) electrons. The molecule has 1 aliphatic rings. The largest absolute Gasteiger partial charge is 0.388 e. The number of β-amino-alcohol motifs (C(OH)–C–C–N with tert-alkyl or cyclic N) is 1. The molecule has 7 heteroatoms. The standard InChI is InChI=1S/C13H21FN4O2/c1-4-13(20)5-6-18(8-10(13)19)12-15-7-9(14)11(16-12)17(2)3/h7,10,19-20H,4-6,8H2,1-3H3/t10-,13-/m1/s1. The molecule has 0 aromatic carbocycles. The highest BCUT2D eigenvalue weighted by atomic mass is 19.1. The molecule has 2 rings (SSSR count). The van der Waals surface area contributed by atoms with E-state index in [1.54, 1.807) is 23.9 Å². The molecule has 2 heterocycles. The van der Waals surface area contributed by atoms with Gasteiger partial charge in [-0.25, -0.2) is 9.37 Å². The zero-order valence-electron chi connectivity index (χ0n) is 12.0. The first kappa shape index (κ1) is 14.9. The molecule has 0 aliphatic carbocycles. The lowest BCUT2D eigenvalue weighted by atomic mass is 9.86. The van der Waals surface area contributed by atoms with Crippen LogP contribution in [0.25, 0.3) is 0 Å². The van der Waals surface area contributed by atoms with E-state index in [1.807, 2.05) is 6.92 Å². The van der Waals surface area contributed by atoms with E-state index in [0.717, 1.165) is 6.20 Å². The summed E-state index contributed by atoms with van der Waals surface area (Å²) in [5.41, 5.74) is -1.05. The molecule has 0 unspecified atom stereocenters. The predicted octanol–water partition coefficient (Wildman–Crippen LogP) is 0.394. The maximum Gasteiger partial charge on any atom is 0.227 e. The van der Waals surface area contributed by atoms with Crippen LogP contribution in [0, 0.1) is 5.82 Å². The Morgan fingerprint density at radius 1 is 1.55 bits per heavy atom. The normalized spacial score (nSPS) is 26.7. The molecule has 1 saturated heterocycles. The number of rotatable bonds is 3. The second-order valence-corrected chi connectivity index (χ2v) is 5.40. The van der Waals surface area contributed by atoms with Gasteiger partial charge in [0, 0.05) is 27.2 Å². The van der Waals surface area contributed by atoms with Crippen LogP contribution in [0.2, 0.25) is 0 Å². The topological polar surface area (TPSA) is 72.7 Å². The summed E-state index contributed by atoms with van der Waals surface area (Å²) in [7, 11) is 3.41. The Labute approximate surface area is 117 Å². The fraction of sp³-hybridized carbons (Fsp3) is 0.692. The van der Waals surface area contributed by atoms with Crippen LogP contribution in [0.5, 0.6) is 0 Å². The molecular weight excluding hydrogens is 263 g/mol. The van der Waals surface area contributed by atoms with Gasteiger partial charge in [-0.3, -0.25) is 0 Å². The highest BCUT2D eigenvalue weighted by Gasteiger charge is 2.39. The number of hydrogen-bond acceptors (Lipinski definition) is 6. The van der Waals surface area contributed by atoms with E-state index in [2.05, 4.69) is 9.97 Å². The van der Waals surface area contributed by atoms with Crippen molar-refractivity contribution < 1.29 is 14.6 Å². The third kappa shape index (κ3) is 2.69. The van der Waals surface area contributed by atoms with Crippen molar-refractivity contribution in [2.45, 2.75) is 31.5 Å². The Kier molecular flexibility index (Phi) is 4.10. The minimum absolute atomic E-state index is 0.209. The van der Waals surface area contributed by atoms with Gasteiger partial charge in [-0.05, 0) is 12.8 Å². The molecule has 0 bridgehead atoms. The number of anilines is 2. The van der Waals surface area contributed by atoms with Crippen LogP contribution in [0.3, 0.4) is 0 Å². The van der Waals surface area contributed by atoms with E-state index in [4.69, 9.17) is 0 Å². The van der Waals surface area contributed by atoms with Crippen LogP contribution >= 0.6 is 0 Å². The number of halogens is 1. The Hall–Kier alpha value is -1.47. The van der Waals surface area contributed by atoms with Gasteiger partial charge >= 0.3 is 0 Å². The van der Waals surface area contributed by atoms with Crippen molar-refractivity contribution >= 4 is 11.8 Å². The molecule has 0 amide bonds. The van der Waals surface area contributed by atoms with Gasteiger partial charge in [0.25, 0.3) is 0 Å². The van der Waals surface area contributed by atoms with Crippen molar-refractivity contribution in [2.24, 2.45) is 0 Å². The van der Waals surface area contributed by atoms with Gasteiger partial charge in [-0.2, -0.15) is 4.98 Å². The van der Waals surface area contributed by atoms with Crippen molar-refractivity contribution in [3.8, 4) is 0 Å². The van der Waals surface area contributed by atoms with E-state index in [9.17, 15) is 14.6 Å². The van der Waals surface area contributed by atoms with Crippen LogP contribution in [-0.2, 0) is 0 Å². The lowest BCUT2D eigenvalue weighted by Gasteiger charge is -2.41. The monoisotopic (exact) mass is 284 g/mol. The van der Waals surface area contributed by atoms with Crippen LogP contribution in [0.4, 0.5) is 16.2 Å². The molecule has 1 aliphatic heterocycles. The first-order valence-electron chi connectivity index (χ1n) is 6.72. The molecule has 2 atom stereocenters. The molecular formula is C13H21FN4O2. The number of hydrogen-bond donors (Lipinski definition) is 2. The van der Waals surface area contributed by atoms with Crippen molar-refractivity contribution in [3.05, 3.63) is 12.0 Å². The lowest BCUT2D eigenvalue weighted by molar-refractivity contribution is -0.0881. The van der Waals surface area contributed by atoms with Gasteiger partial charge < -0.3 is 20.0 Å². The van der Waals surface area contributed by atoms with Gasteiger partial charge in [-0.1, -0.05) is 6.92 Å².